The maximum Gasteiger partial charge on any atom is 0.244 e. The van der Waals surface area contributed by atoms with Crippen molar-refractivity contribution >= 4 is 20.9 Å². The third kappa shape index (κ3) is 2.23. The molecule has 1 aliphatic heterocycles. The molecule has 5 nitrogen and oxygen atoms in total. The van der Waals surface area contributed by atoms with E-state index in [4.69, 9.17) is 5.73 Å². The number of hydrogen-bond donors (Lipinski definition) is 1. The molecule has 3 rings (SSSR count). The van der Waals surface area contributed by atoms with Crippen LogP contribution in [0.3, 0.4) is 0 Å². The van der Waals surface area contributed by atoms with Gasteiger partial charge in [0.05, 0.1) is 10.4 Å². The number of nitrogens with zero attached hydrogens (tertiary/aromatic N) is 2. The quantitative estimate of drug-likeness (QED) is 0.915. The molecule has 2 aromatic rings. The fraction of sp³-hybridized carbons (Fsp3) is 0.400. The summed E-state index contributed by atoms with van der Waals surface area (Å²) in [5, 5.41) is 0.671. The van der Waals surface area contributed by atoms with Crippen molar-refractivity contribution in [1.82, 2.24) is 9.29 Å². The van der Waals surface area contributed by atoms with Gasteiger partial charge >= 0.3 is 0 Å². The average molecular weight is 305 g/mol. The molecule has 0 saturated carbocycles. The molecule has 2 atom stereocenters. The van der Waals surface area contributed by atoms with Gasteiger partial charge in [-0.25, -0.2) is 8.42 Å². The molecule has 1 aromatic heterocycles. The number of hydrogen-bond acceptors (Lipinski definition) is 4. The first-order valence-corrected chi connectivity index (χ1v) is 8.48. The van der Waals surface area contributed by atoms with E-state index in [9.17, 15) is 8.42 Å². The van der Waals surface area contributed by atoms with Gasteiger partial charge in [-0.1, -0.05) is 6.07 Å². The average Bonchev–Trinajstić information content (AvgIpc) is 2.80. The lowest BCUT2D eigenvalue weighted by Gasteiger charge is -2.23. The molecular formula is C15H19N3O2S. The van der Waals surface area contributed by atoms with Crippen LogP contribution in [0, 0.1) is 6.92 Å². The van der Waals surface area contributed by atoms with Crippen molar-refractivity contribution in [2.75, 3.05) is 6.54 Å². The van der Waals surface area contributed by atoms with Crippen molar-refractivity contribution in [3.8, 4) is 0 Å². The van der Waals surface area contributed by atoms with Gasteiger partial charge in [-0.2, -0.15) is 4.31 Å². The van der Waals surface area contributed by atoms with Gasteiger partial charge in [-0.05, 0) is 44.0 Å². The molecule has 112 valence electrons. The minimum absolute atomic E-state index is 0.102. The van der Waals surface area contributed by atoms with Gasteiger partial charge in [0.15, 0.2) is 0 Å². The molecule has 0 amide bonds. The van der Waals surface area contributed by atoms with Gasteiger partial charge in [0.25, 0.3) is 0 Å². The molecule has 2 unspecified atom stereocenters. The summed E-state index contributed by atoms with van der Waals surface area (Å²) in [5.74, 6) is 0. The first kappa shape index (κ1) is 14.4. The van der Waals surface area contributed by atoms with Crippen LogP contribution in [0.4, 0.5) is 0 Å². The number of aromatic nitrogens is 1. The molecule has 0 spiro atoms. The maximum absolute atomic E-state index is 13.0. The summed E-state index contributed by atoms with van der Waals surface area (Å²) in [7, 11) is -3.55. The fourth-order valence-corrected chi connectivity index (χ4v) is 4.79. The Hall–Kier alpha value is -1.50. The smallest absolute Gasteiger partial charge is 0.244 e. The standard InChI is InChI=1S/C15H19N3O2S/c1-10-5-6-14(12-4-3-8-17-15(10)12)21(19,20)18-9-7-13(16)11(18)2/h3-6,8,11,13H,7,9,16H2,1-2H3. The molecule has 0 radical (unpaired) electrons. The largest absolute Gasteiger partial charge is 0.326 e. The van der Waals surface area contributed by atoms with E-state index in [2.05, 4.69) is 4.98 Å². The number of rotatable bonds is 2. The molecule has 0 bridgehead atoms. The molecule has 2 heterocycles. The lowest BCUT2D eigenvalue weighted by molar-refractivity contribution is 0.393. The third-order valence-electron chi connectivity index (χ3n) is 4.27. The fourth-order valence-electron chi connectivity index (χ4n) is 2.91. The van der Waals surface area contributed by atoms with Gasteiger partial charge in [-0.15, -0.1) is 0 Å². The number of fused-ring (bicyclic) bond motifs is 1. The Morgan fingerprint density at radius 2 is 2.10 bits per heavy atom. The van der Waals surface area contributed by atoms with E-state index >= 15 is 0 Å². The molecule has 1 fully saturated rings. The van der Waals surface area contributed by atoms with Gasteiger partial charge in [0.1, 0.15) is 0 Å². The summed E-state index contributed by atoms with van der Waals surface area (Å²) < 4.78 is 27.4. The molecule has 21 heavy (non-hydrogen) atoms. The summed E-state index contributed by atoms with van der Waals surface area (Å²) in [6.45, 7) is 4.27. The van der Waals surface area contributed by atoms with Crippen LogP contribution in [0.25, 0.3) is 10.9 Å². The number of benzene rings is 1. The normalized spacial score (nSPS) is 23.8. The lowest BCUT2D eigenvalue weighted by atomic mass is 10.1. The highest BCUT2D eigenvalue weighted by Gasteiger charge is 2.37. The molecule has 1 aliphatic rings. The maximum atomic E-state index is 13.0. The van der Waals surface area contributed by atoms with E-state index in [1.807, 2.05) is 26.0 Å². The zero-order valence-corrected chi connectivity index (χ0v) is 13.0. The highest BCUT2D eigenvalue weighted by Crippen LogP contribution is 2.30. The minimum atomic E-state index is -3.55. The molecular weight excluding hydrogens is 286 g/mol. The zero-order chi connectivity index (χ0) is 15.2. The van der Waals surface area contributed by atoms with Crippen molar-refractivity contribution in [2.45, 2.75) is 37.2 Å². The van der Waals surface area contributed by atoms with E-state index in [0.717, 1.165) is 11.1 Å². The molecule has 1 saturated heterocycles. The highest BCUT2D eigenvalue weighted by atomic mass is 32.2. The first-order valence-electron chi connectivity index (χ1n) is 7.04. The van der Waals surface area contributed by atoms with Gasteiger partial charge in [0.2, 0.25) is 10.0 Å². The van der Waals surface area contributed by atoms with E-state index in [1.54, 1.807) is 18.3 Å². The van der Waals surface area contributed by atoms with Crippen LogP contribution in [-0.2, 0) is 10.0 Å². The van der Waals surface area contributed by atoms with Gasteiger partial charge in [0, 0.05) is 30.2 Å². The monoisotopic (exact) mass is 305 g/mol. The lowest BCUT2D eigenvalue weighted by Crippen LogP contribution is -2.40. The predicted octanol–water partition coefficient (Wildman–Crippen LogP) is 1.65. The Kier molecular flexibility index (Phi) is 3.47. The molecule has 1 aromatic carbocycles. The minimum Gasteiger partial charge on any atom is -0.326 e. The Bertz CT molecular complexity index is 789. The predicted molar refractivity (Wildman–Crippen MR) is 82.4 cm³/mol. The summed E-state index contributed by atoms with van der Waals surface area (Å²) in [5.41, 5.74) is 7.66. The van der Waals surface area contributed by atoms with Gasteiger partial charge < -0.3 is 5.73 Å². The van der Waals surface area contributed by atoms with Crippen LogP contribution in [-0.4, -0.2) is 36.3 Å². The summed E-state index contributed by atoms with van der Waals surface area (Å²) in [6.07, 6.45) is 2.38. The number of pyridine rings is 1. The zero-order valence-electron chi connectivity index (χ0n) is 12.2. The second kappa shape index (κ2) is 5.05. The van der Waals surface area contributed by atoms with E-state index in [-0.39, 0.29) is 12.1 Å². The first-order chi connectivity index (χ1) is 9.93. The van der Waals surface area contributed by atoms with Crippen molar-refractivity contribution in [3.63, 3.8) is 0 Å². The van der Waals surface area contributed by atoms with E-state index < -0.39 is 10.0 Å². The van der Waals surface area contributed by atoms with E-state index in [0.29, 0.717) is 23.2 Å². The second-order valence-electron chi connectivity index (χ2n) is 5.59. The van der Waals surface area contributed by atoms with Crippen molar-refractivity contribution in [2.24, 2.45) is 5.73 Å². The van der Waals surface area contributed by atoms with Gasteiger partial charge in [-0.3, -0.25) is 4.98 Å². The Labute approximate surface area is 124 Å². The van der Waals surface area contributed by atoms with Crippen molar-refractivity contribution < 1.29 is 8.42 Å². The SMILES string of the molecule is Cc1ccc(S(=O)(=O)N2CCC(N)C2C)c2cccnc12. The Morgan fingerprint density at radius 3 is 2.76 bits per heavy atom. The Balaban J connectivity index is 2.19. The summed E-state index contributed by atoms with van der Waals surface area (Å²) in [4.78, 5) is 4.62. The number of nitrogens with two attached hydrogens (primary N) is 1. The van der Waals surface area contributed by atoms with E-state index in [1.165, 1.54) is 4.31 Å². The van der Waals surface area contributed by atoms with Crippen LogP contribution < -0.4 is 5.73 Å². The third-order valence-corrected chi connectivity index (χ3v) is 6.32. The molecule has 0 aliphatic carbocycles. The van der Waals surface area contributed by atoms with Crippen LogP contribution in [0.15, 0.2) is 35.4 Å². The van der Waals surface area contributed by atoms with Crippen molar-refractivity contribution in [3.05, 3.63) is 36.0 Å². The topological polar surface area (TPSA) is 76.3 Å². The second-order valence-corrected chi connectivity index (χ2v) is 7.45. The number of aryl methyl sites for hydroxylation is 1. The molecule has 6 heteroatoms. The highest BCUT2D eigenvalue weighted by molar-refractivity contribution is 7.89. The number of sulfonamides is 1. The van der Waals surface area contributed by atoms with Crippen LogP contribution in [0.5, 0.6) is 0 Å². The molecule has 2 N–H and O–H groups in total. The Morgan fingerprint density at radius 1 is 1.33 bits per heavy atom. The van der Waals surface area contributed by atoms with Crippen LogP contribution in [0.2, 0.25) is 0 Å². The van der Waals surface area contributed by atoms with Crippen LogP contribution in [0.1, 0.15) is 18.9 Å². The van der Waals surface area contributed by atoms with Crippen LogP contribution >= 0.6 is 0 Å². The summed E-state index contributed by atoms with van der Waals surface area (Å²) in [6, 6.07) is 6.77. The van der Waals surface area contributed by atoms with Crippen molar-refractivity contribution in [1.29, 1.82) is 0 Å². The summed E-state index contributed by atoms with van der Waals surface area (Å²) >= 11 is 0.